The van der Waals surface area contributed by atoms with Crippen LogP contribution in [-0.4, -0.2) is 22.3 Å². The summed E-state index contributed by atoms with van der Waals surface area (Å²) in [6.45, 7) is -2.97. The molecule has 0 spiro atoms. The maximum atomic E-state index is 13.0. The standard InChI is InChI=1S/C24H19F2N3O3/c1-29-23(31)19-10-6-5-9-18(19)21(28-29)22(30)27-17-11-12-20(32-24(25)26)16(14-17)13-15-7-3-2-4-8-15/h2-12,14,24H,13H2,1H3,(H,27,30). The number of nitrogens with zero attached hydrogens (tertiary/aromatic N) is 2. The number of nitrogens with one attached hydrogen (secondary N) is 1. The van der Waals surface area contributed by atoms with Gasteiger partial charge in [-0.2, -0.15) is 13.9 Å². The zero-order valence-electron chi connectivity index (χ0n) is 17.1. The Morgan fingerprint density at radius 1 is 1.03 bits per heavy atom. The number of halogens is 2. The fourth-order valence-electron chi connectivity index (χ4n) is 3.48. The minimum absolute atomic E-state index is 0.0348. The van der Waals surface area contributed by atoms with Crippen LogP contribution in [0.1, 0.15) is 21.6 Å². The summed E-state index contributed by atoms with van der Waals surface area (Å²) < 4.78 is 31.5. The van der Waals surface area contributed by atoms with E-state index < -0.39 is 12.5 Å². The zero-order valence-corrected chi connectivity index (χ0v) is 17.1. The van der Waals surface area contributed by atoms with Crippen LogP contribution in [0, 0.1) is 0 Å². The van der Waals surface area contributed by atoms with Gasteiger partial charge in [0.15, 0.2) is 5.69 Å². The first kappa shape index (κ1) is 21.2. The second-order valence-electron chi connectivity index (χ2n) is 7.14. The summed E-state index contributed by atoms with van der Waals surface area (Å²) in [7, 11) is 1.47. The Bertz CT molecular complexity index is 1340. The van der Waals surface area contributed by atoms with Gasteiger partial charge in [-0.15, -0.1) is 0 Å². The lowest BCUT2D eigenvalue weighted by Crippen LogP contribution is -2.25. The average molecular weight is 435 g/mol. The number of hydrogen-bond acceptors (Lipinski definition) is 4. The second kappa shape index (κ2) is 8.97. The van der Waals surface area contributed by atoms with E-state index in [0.29, 0.717) is 28.4 Å². The van der Waals surface area contributed by atoms with Gasteiger partial charge in [-0.25, -0.2) is 4.68 Å². The van der Waals surface area contributed by atoms with E-state index in [1.165, 1.54) is 19.2 Å². The van der Waals surface area contributed by atoms with E-state index in [2.05, 4.69) is 15.2 Å². The summed E-state index contributed by atoms with van der Waals surface area (Å²) in [6.07, 6.45) is 0.341. The van der Waals surface area contributed by atoms with Crippen LogP contribution in [0.15, 0.2) is 77.6 Å². The fourth-order valence-corrected chi connectivity index (χ4v) is 3.48. The van der Waals surface area contributed by atoms with Crippen LogP contribution in [0.4, 0.5) is 14.5 Å². The lowest BCUT2D eigenvalue weighted by molar-refractivity contribution is -0.0503. The molecule has 0 aliphatic carbocycles. The molecule has 0 radical (unpaired) electrons. The Hall–Kier alpha value is -4.07. The summed E-state index contributed by atoms with van der Waals surface area (Å²) in [6, 6.07) is 20.5. The van der Waals surface area contributed by atoms with E-state index in [9.17, 15) is 18.4 Å². The molecule has 6 nitrogen and oxygen atoms in total. The smallest absolute Gasteiger partial charge is 0.387 e. The van der Waals surface area contributed by atoms with Crippen molar-refractivity contribution in [2.45, 2.75) is 13.0 Å². The molecule has 32 heavy (non-hydrogen) atoms. The first-order valence-electron chi connectivity index (χ1n) is 9.81. The number of benzene rings is 3. The van der Waals surface area contributed by atoms with Gasteiger partial charge in [0.2, 0.25) is 0 Å². The number of aryl methyl sites for hydroxylation is 1. The molecule has 0 saturated heterocycles. The van der Waals surface area contributed by atoms with Crippen molar-refractivity contribution < 1.29 is 18.3 Å². The molecule has 8 heteroatoms. The molecule has 4 aromatic rings. The van der Waals surface area contributed by atoms with Crippen molar-refractivity contribution in [3.63, 3.8) is 0 Å². The molecule has 0 saturated carbocycles. The minimum atomic E-state index is -2.97. The van der Waals surface area contributed by atoms with Gasteiger partial charge < -0.3 is 10.1 Å². The van der Waals surface area contributed by atoms with Gasteiger partial charge in [0, 0.05) is 30.1 Å². The molecular formula is C24H19F2N3O3. The van der Waals surface area contributed by atoms with Crippen molar-refractivity contribution in [1.82, 2.24) is 9.78 Å². The van der Waals surface area contributed by atoms with Gasteiger partial charge >= 0.3 is 6.61 Å². The van der Waals surface area contributed by atoms with Crippen LogP contribution in [0.5, 0.6) is 5.75 Å². The number of fused-ring (bicyclic) bond motifs is 1. The Balaban J connectivity index is 1.68. The summed E-state index contributed by atoms with van der Waals surface area (Å²) >= 11 is 0. The number of alkyl halides is 2. The number of carbonyl (C=O) groups is 1. The van der Waals surface area contributed by atoms with Gasteiger partial charge in [0.25, 0.3) is 11.5 Å². The summed E-state index contributed by atoms with van der Waals surface area (Å²) in [5, 5.41) is 7.66. The van der Waals surface area contributed by atoms with Crippen LogP contribution in [0.2, 0.25) is 0 Å². The second-order valence-corrected chi connectivity index (χ2v) is 7.14. The quantitative estimate of drug-likeness (QED) is 0.488. The Morgan fingerprint density at radius 3 is 2.44 bits per heavy atom. The maximum Gasteiger partial charge on any atom is 0.387 e. The molecule has 162 valence electrons. The van der Waals surface area contributed by atoms with Crippen LogP contribution >= 0.6 is 0 Å². The minimum Gasteiger partial charge on any atom is -0.435 e. The highest BCUT2D eigenvalue weighted by Gasteiger charge is 2.17. The highest BCUT2D eigenvalue weighted by Crippen LogP contribution is 2.27. The largest absolute Gasteiger partial charge is 0.435 e. The van der Waals surface area contributed by atoms with Crippen molar-refractivity contribution in [3.05, 3.63) is 100.0 Å². The number of ether oxygens (including phenoxy) is 1. The maximum absolute atomic E-state index is 13.0. The molecule has 1 amide bonds. The highest BCUT2D eigenvalue weighted by molar-refractivity contribution is 6.11. The lowest BCUT2D eigenvalue weighted by Gasteiger charge is -2.14. The van der Waals surface area contributed by atoms with Crippen molar-refractivity contribution in [1.29, 1.82) is 0 Å². The third-order valence-corrected chi connectivity index (χ3v) is 4.94. The highest BCUT2D eigenvalue weighted by atomic mass is 19.3. The van der Waals surface area contributed by atoms with Crippen molar-refractivity contribution in [2.24, 2.45) is 7.05 Å². The van der Waals surface area contributed by atoms with Crippen LogP contribution in [-0.2, 0) is 13.5 Å². The third kappa shape index (κ3) is 4.49. The Kier molecular flexibility index (Phi) is 5.93. The van der Waals surface area contributed by atoms with E-state index in [-0.39, 0.29) is 17.0 Å². The van der Waals surface area contributed by atoms with Crippen LogP contribution in [0.3, 0.4) is 0 Å². The molecule has 0 fully saturated rings. The summed E-state index contributed by atoms with van der Waals surface area (Å²) in [5.74, 6) is -0.488. The van der Waals surface area contributed by atoms with Gasteiger partial charge in [0.05, 0.1) is 5.39 Å². The molecule has 0 unspecified atom stereocenters. The molecule has 0 bridgehead atoms. The summed E-state index contributed by atoms with van der Waals surface area (Å²) in [4.78, 5) is 25.3. The number of aromatic nitrogens is 2. The van der Waals surface area contributed by atoms with Crippen LogP contribution in [0.25, 0.3) is 10.8 Å². The van der Waals surface area contributed by atoms with Crippen LogP contribution < -0.4 is 15.6 Å². The first-order chi connectivity index (χ1) is 15.4. The SMILES string of the molecule is Cn1nc(C(=O)Nc2ccc(OC(F)F)c(Cc3ccccc3)c2)c2ccccc2c1=O. The average Bonchev–Trinajstić information content (AvgIpc) is 2.78. The van der Waals surface area contributed by atoms with Gasteiger partial charge in [-0.05, 0) is 29.8 Å². The topological polar surface area (TPSA) is 73.2 Å². The molecular weight excluding hydrogens is 416 g/mol. The molecule has 4 rings (SSSR count). The van der Waals surface area contributed by atoms with Gasteiger partial charge in [0.1, 0.15) is 5.75 Å². The molecule has 1 N–H and O–H groups in total. The van der Waals surface area contributed by atoms with Crippen molar-refractivity contribution >= 4 is 22.4 Å². The molecule has 1 heterocycles. The van der Waals surface area contributed by atoms with E-state index in [0.717, 1.165) is 10.2 Å². The molecule has 0 aliphatic heterocycles. The number of anilines is 1. The van der Waals surface area contributed by atoms with E-state index in [1.54, 1.807) is 30.3 Å². The molecule has 3 aromatic carbocycles. The fraction of sp³-hybridized carbons (Fsp3) is 0.125. The third-order valence-electron chi connectivity index (χ3n) is 4.94. The summed E-state index contributed by atoms with van der Waals surface area (Å²) in [5.41, 5.74) is 1.56. The van der Waals surface area contributed by atoms with E-state index in [1.807, 2.05) is 30.3 Å². The predicted octanol–water partition coefficient (Wildman–Crippen LogP) is 4.38. The Labute approximate surface area is 182 Å². The van der Waals surface area contributed by atoms with Gasteiger partial charge in [-0.3, -0.25) is 9.59 Å². The van der Waals surface area contributed by atoms with Gasteiger partial charge in [-0.1, -0.05) is 48.5 Å². The lowest BCUT2D eigenvalue weighted by atomic mass is 10.0. The molecule has 0 aliphatic rings. The normalized spacial score (nSPS) is 11.0. The monoisotopic (exact) mass is 435 g/mol. The van der Waals surface area contributed by atoms with E-state index in [4.69, 9.17) is 0 Å². The Morgan fingerprint density at radius 2 is 1.72 bits per heavy atom. The van der Waals surface area contributed by atoms with Crippen molar-refractivity contribution in [3.8, 4) is 5.75 Å². The first-order valence-corrected chi connectivity index (χ1v) is 9.81. The van der Waals surface area contributed by atoms with E-state index >= 15 is 0 Å². The number of rotatable bonds is 6. The molecule has 1 aromatic heterocycles. The number of carbonyl (C=O) groups excluding carboxylic acids is 1. The number of amides is 1. The van der Waals surface area contributed by atoms with Crippen molar-refractivity contribution in [2.75, 3.05) is 5.32 Å². The zero-order chi connectivity index (χ0) is 22.7. The number of hydrogen-bond donors (Lipinski definition) is 1. The predicted molar refractivity (Wildman–Crippen MR) is 117 cm³/mol. The molecule has 0 atom stereocenters.